The Labute approximate surface area is 119 Å². The molecule has 0 saturated heterocycles. The first-order valence-electron chi connectivity index (χ1n) is 6.37. The Hall–Kier alpha value is -0.720. The summed E-state index contributed by atoms with van der Waals surface area (Å²) in [4.78, 5) is 0. The Morgan fingerprint density at radius 2 is 2.00 bits per heavy atom. The van der Waals surface area contributed by atoms with E-state index >= 15 is 0 Å². The van der Waals surface area contributed by atoms with Gasteiger partial charge in [-0.2, -0.15) is 11.8 Å². The monoisotopic (exact) mass is 300 g/mol. The standard InChI is InChI=1S/C13H20N2O2S2/c1-18-13-4-2-3-12(13)15-19(16,17)9-10-5-7-11(14)8-6-10/h5-8,12-13,15H,2-4,9,14H2,1H3. The predicted octanol–water partition coefficient (Wildman–Crippen LogP) is 1.97. The summed E-state index contributed by atoms with van der Waals surface area (Å²) in [6.07, 6.45) is 5.17. The third kappa shape index (κ3) is 4.12. The smallest absolute Gasteiger partial charge is 0.216 e. The maximum Gasteiger partial charge on any atom is 0.216 e. The molecule has 0 aromatic heterocycles. The van der Waals surface area contributed by atoms with E-state index in [2.05, 4.69) is 4.72 Å². The molecule has 1 aliphatic carbocycles. The zero-order valence-corrected chi connectivity index (χ0v) is 12.6. The first-order chi connectivity index (χ1) is 9.00. The van der Waals surface area contributed by atoms with Crippen LogP contribution in [0.2, 0.25) is 0 Å². The van der Waals surface area contributed by atoms with Gasteiger partial charge in [0.2, 0.25) is 10.0 Å². The van der Waals surface area contributed by atoms with E-state index in [1.807, 2.05) is 6.26 Å². The first-order valence-corrected chi connectivity index (χ1v) is 9.31. The fourth-order valence-corrected chi connectivity index (χ4v) is 4.93. The molecule has 1 fully saturated rings. The largest absolute Gasteiger partial charge is 0.399 e. The van der Waals surface area contributed by atoms with Crippen LogP contribution in [0.15, 0.2) is 24.3 Å². The lowest BCUT2D eigenvalue weighted by Gasteiger charge is -2.19. The lowest BCUT2D eigenvalue weighted by atomic mass is 10.2. The van der Waals surface area contributed by atoms with Crippen LogP contribution in [0.1, 0.15) is 24.8 Å². The van der Waals surface area contributed by atoms with E-state index in [0.29, 0.717) is 10.9 Å². The van der Waals surface area contributed by atoms with E-state index in [1.165, 1.54) is 0 Å². The molecule has 1 aliphatic rings. The van der Waals surface area contributed by atoms with Gasteiger partial charge >= 0.3 is 0 Å². The molecule has 1 aromatic carbocycles. The van der Waals surface area contributed by atoms with Gasteiger partial charge in [0.1, 0.15) is 0 Å². The molecule has 0 radical (unpaired) electrons. The minimum atomic E-state index is -3.28. The average molecular weight is 300 g/mol. The van der Waals surface area contributed by atoms with Crippen molar-refractivity contribution in [3.05, 3.63) is 29.8 Å². The van der Waals surface area contributed by atoms with Gasteiger partial charge in [0.05, 0.1) is 5.75 Å². The van der Waals surface area contributed by atoms with E-state index in [1.54, 1.807) is 36.0 Å². The molecule has 0 spiro atoms. The van der Waals surface area contributed by atoms with Crippen molar-refractivity contribution in [1.82, 2.24) is 4.72 Å². The van der Waals surface area contributed by atoms with Gasteiger partial charge in [0.15, 0.2) is 0 Å². The van der Waals surface area contributed by atoms with Gasteiger partial charge in [-0.15, -0.1) is 0 Å². The van der Waals surface area contributed by atoms with Crippen LogP contribution in [-0.2, 0) is 15.8 Å². The van der Waals surface area contributed by atoms with Crippen molar-refractivity contribution < 1.29 is 8.42 Å². The normalized spacial score (nSPS) is 23.6. The molecule has 6 heteroatoms. The predicted molar refractivity (Wildman–Crippen MR) is 81.6 cm³/mol. The Morgan fingerprint density at radius 1 is 1.32 bits per heavy atom. The molecule has 0 aliphatic heterocycles. The van der Waals surface area contributed by atoms with E-state index in [0.717, 1.165) is 24.8 Å². The summed E-state index contributed by atoms with van der Waals surface area (Å²) in [5.41, 5.74) is 7.00. The third-order valence-corrected chi connectivity index (χ3v) is 5.97. The lowest BCUT2D eigenvalue weighted by Crippen LogP contribution is -2.39. The zero-order chi connectivity index (χ0) is 13.9. The number of nitrogen functional groups attached to an aromatic ring is 1. The molecular formula is C13H20N2O2S2. The van der Waals surface area contributed by atoms with Gasteiger partial charge in [-0.25, -0.2) is 13.1 Å². The third-order valence-electron chi connectivity index (χ3n) is 3.42. The summed E-state index contributed by atoms with van der Waals surface area (Å²) in [5, 5.41) is 0.404. The molecule has 2 unspecified atom stereocenters. The number of rotatable bonds is 5. The highest BCUT2D eigenvalue weighted by atomic mass is 32.2. The molecule has 0 bridgehead atoms. The number of thioether (sulfide) groups is 1. The number of hydrogen-bond acceptors (Lipinski definition) is 4. The average Bonchev–Trinajstić information content (AvgIpc) is 2.78. The highest BCUT2D eigenvalue weighted by Crippen LogP contribution is 2.29. The van der Waals surface area contributed by atoms with Crippen LogP contribution in [0.4, 0.5) is 5.69 Å². The molecule has 0 amide bonds. The second kappa shape index (κ2) is 6.15. The maximum absolute atomic E-state index is 12.2. The highest BCUT2D eigenvalue weighted by molar-refractivity contribution is 7.99. The minimum Gasteiger partial charge on any atom is -0.399 e. The van der Waals surface area contributed by atoms with Crippen molar-refractivity contribution in [3.8, 4) is 0 Å². The molecule has 1 saturated carbocycles. The molecular weight excluding hydrogens is 280 g/mol. The number of anilines is 1. The second-order valence-corrected chi connectivity index (χ2v) is 7.76. The van der Waals surface area contributed by atoms with Gasteiger partial charge in [-0.1, -0.05) is 18.6 Å². The number of nitrogens with one attached hydrogen (secondary N) is 1. The number of nitrogens with two attached hydrogens (primary N) is 1. The van der Waals surface area contributed by atoms with E-state index in [9.17, 15) is 8.42 Å². The van der Waals surface area contributed by atoms with Crippen molar-refractivity contribution in [2.24, 2.45) is 0 Å². The van der Waals surface area contributed by atoms with Crippen molar-refractivity contribution in [1.29, 1.82) is 0 Å². The lowest BCUT2D eigenvalue weighted by molar-refractivity contribution is 0.554. The van der Waals surface area contributed by atoms with Crippen LogP contribution < -0.4 is 10.5 Å². The SMILES string of the molecule is CSC1CCCC1NS(=O)(=O)Cc1ccc(N)cc1. The van der Waals surface area contributed by atoms with Crippen LogP contribution in [0.3, 0.4) is 0 Å². The Kier molecular flexibility index (Phi) is 4.76. The van der Waals surface area contributed by atoms with Gasteiger partial charge in [0, 0.05) is 17.0 Å². The zero-order valence-electron chi connectivity index (χ0n) is 11.0. The molecule has 106 valence electrons. The van der Waals surface area contributed by atoms with Crippen LogP contribution >= 0.6 is 11.8 Å². The molecule has 1 aromatic rings. The molecule has 4 nitrogen and oxygen atoms in total. The minimum absolute atomic E-state index is 0.0187. The summed E-state index contributed by atoms with van der Waals surface area (Å²) in [6, 6.07) is 7.05. The van der Waals surface area contributed by atoms with Crippen molar-refractivity contribution >= 4 is 27.5 Å². The topological polar surface area (TPSA) is 72.2 Å². The summed E-state index contributed by atoms with van der Waals surface area (Å²) >= 11 is 1.75. The van der Waals surface area contributed by atoms with Crippen LogP contribution in [-0.4, -0.2) is 26.0 Å². The Balaban J connectivity index is 2.00. The van der Waals surface area contributed by atoms with Crippen molar-refractivity contribution in [2.75, 3.05) is 12.0 Å². The van der Waals surface area contributed by atoms with Crippen molar-refractivity contribution in [3.63, 3.8) is 0 Å². The maximum atomic E-state index is 12.2. The van der Waals surface area contributed by atoms with Crippen LogP contribution in [0.5, 0.6) is 0 Å². The quantitative estimate of drug-likeness (QED) is 0.816. The molecule has 2 rings (SSSR count). The highest BCUT2D eigenvalue weighted by Gasteiger charge is 2.29. The fraction of sp³-hybridized carbons (Fsp3) is 0.538. The van der Waals surface area contributed by atoms with Crippen LogP contribution in [0, 0.1) is 0 Å². The first kappa shape index (κ1) is 14.7. The van der Waals surface area contributed by atoms with Gasteiger partial charge in [-0.05, 0) is 36.8 Å². The van der Waals surface area contributed by atoms with Crippen LogP contribution in [0.25, 0.3) is 0 Å². The van der Waals surface area contributed by atoms with Crippen molar-refractivity contribution in [2.45, 2.75) is 36.3 Å². The van der Waals surface area contributed by atoms with Gasteiger partial charge < -0.3 is 5.73 Å². The van der Waals surface area contributed by atoms with E-state index in [-0.39, 0.29) is 11.8 Å². The summed E-state index contributed by atoms with van der Waals surface area (Å²) < 4.78 is 27.1. The molecule has 3 N–H and O–H groups in total. The Bertz CT molecular complexity index is 514. The fourth-order valence-electron chi connectivity index (χ4n) is 2.45. The summed E-state index contributed by atoms with van der Waals surface area (Å²) in [6.45, 7) is 0. The number of hydrogen-bond donors (Lipinski definition) is 2. The summed E-state index contributed by atoms with van der Waals surface area (Å²) in [7, 11) is -3.28. The molecule has 0 heterocycles. The number of benzene rings is 1. The molecule has 19 heavy (non-hydrogen) atoms. The second-order valence-electron chi connectivity index (χ2n) is 4.93. The Morgan fingerprint density at radius 3 is 2.63 bits per heavy atom. The van der Waals surface area contributed by atoms with E-state index < -0.39 is 10.0 Å². The van der Waals surface area contributed by atoms with Gasteiger partial charge in [-0.3, -0.25) is 0 Å². The van der Waals surface area contributed by atoms with Gasteiger partial charge in [0.25, 0.3) is 0 Å². The summed E-state index contributed by atoms with van der Waals surface area (Å²) in [5.74, 6) is 0.0187. The molecule has 2 atom stereocenters. The van der Waals surface area contributed by atoms with E-state index in [4.69, 9.17) is 5.73 Å². The number of sulfonamides is 1.